The van der Waals surface area contributed by atoms with Crippen LogP contribution in [0.1, 0.15) is 42.5 Å². The van der Waals surface area contributed by atoms with Crippen molar-refractivity contribution in [3.05, 3.63) is 107 Å². The fraction of sp³-hybridized carbons (Fsp3) is 0.310. The summed E-state index contributed by atoms with van der Waals surface area (Å²) in [6.07, 6.45) is 5.19. The fourth-order valence-corrected chi connectivity index (χ4v) is 7.10. The number of morpholine rings is 1. The molecule has 0 unspecified atom stereocenters. The monoisotopic (exact) mass is 570 g/mol. The summed E-state index contributed by atoms with van der Waals surface area (Å²) in [7, 11) is -3.71. The van der Waals surface area contributed by atoms with Gasteiger partial charge in [-0.05, 0) is 66.3 Å². The Hall–Kier alpha value is -2.71. The molecular formula is C29H28Cl2N2O4S. The predicted octanol–water partition coefficient (Wildman–Crippen LogP) is 6.23. The number of carbonyl (C=O) groups is 1. The number of carbonyl (C=O) groups excluding carboxylic acids is 1. The number of hydrogen-bond donors (Lipinski definition) is 0. The van der Waals surface area contributed by atoms with Gasteiger partial charge in [0, 0.05) is 34.9 Å². The van der Waals surface area contributed by atoms with Crippen molar-refractivity contribution in [1.82, 2.24) is 9.88 Å². The van der Waals surface area contributed by atoms with Crippen LogP contribution in [0.2, 0.25) is 10.0 Å². The molecule has 1 aliphatic heterocycles. The second-order valence-corrected chi connectivity index (χ2v) is 12.6. The van der Waals surface area contributed by atoms with Crippen LogP contribution in [0.25, 0.3) is 0 Å². The molecule has 5 rings (SSSR count). The molecule has 2 fully saturated rings. The largest absolute Gasteiger partial charge is 0.358 e. The lowest BCUT2D eigenvalue weighted by atomic mass is 9.89. The van der Waals surface area contributed by atoms with E-state index in [-0.39, 0.29) is 22.5 Å². The lowest BCUT2D eigenvalue weighted by molar-refractivity contribution is -0.178. The van der Waals surface area contributed by atoms with E-state index in [2.05, 4.69) is 11.6 Å². The number of pyridine rings is 1. The van der Waals surface area contributed by atoms with Crippen molar-refractivity contribution in [3.63, 3.8) is 0 Å². The average molecular weight is 572 g/mol. The summed E-state index contributed by atoms with van der Waals surface area (Å²) < 4.78 is 33.6. The summed E-state index contributed by atoms with van der Waals surface area (Å²) in [5, 5.41) is 1.11. The number of halogens is 2. The average Bonchev–Trinajstić information content (AvgIpc) is 3.75. The topological polar surface area (TPSA) is 76.6 Å². The van der Waals surface area contributed by atoms with Crippen molar-refractivity contribution in [2.24, 2.45) is 5.92 Å². The quantitative estimate of drug-likeness (QED) is 0.285. The molecule has 1 amide bonds. The Morgan fingerprint density at radius 1 is 1.03 bits per heavy atom. The van der Waals surface area contributed by atoms with E-state index in [9.17, 15) is 13.2 Å². The number of nitrogens with zero attached hydrogens (tertiary/aromatic N) is 2. The van der Waals surface area contributed by atoms with Crippen LogP contribution >= 0.6 is 23.2 Å². The molecule has 2 aliphatic rings. The van der Waals surface area contributed by atoms with Gasteiger partial charge in [0.1, 0.15) is 12.2 Å². The van der Waals surface area contributed by atoms with Gasteiger partial charge in [0.15, 0.2) is 9.84 Å². The third-order valence-corrected chi connectivity index (χ3v) is 9.38. The molecule has 6 nitrogen and oxygen atoms in total. The maximum absolute atomic E-state index is 14.1. The van der Waals surface area contributed by atoms with Crippen molar-refractivity contribution in [3.8, 4) is 0 Å². The van der Waals surface area contributed by atoms with Crippen LogP contribution in [0, 0.1) is 5.92 Å². The van der Waals surface area contributed by atoms with E-state index in [0.717, 1.165) is 24.0 Å². The number of aromatic nitrogens is 1. The van der Waals surface area contributed by atoms with Gasteiger partial charge in [-0.15, -0.1) is 6.58 Å². The van der Waals surface area contributed by atoms with E-state index in [1.807, 2.05) is 30.3 Å². The Kier molecular flexibility index (Phi) is 7.91. The predicted molar refractivity (Wildman–Crippen MR) is 148 cm³/mol. The lowest BCUT2D eigenvalue weighted by Gasteiger charge is -2.48. The van der Waals surface area contributed by atoms with Gasteiger partial charge in [-0.1, -0.05) is 53.5 Å². The van der Waals surface area contributed by atoms with Gasteiger partial charge in [0.2, 0.25) is 0 Å². The van der Waals surface area contributed by atoms with Gasteiger partial charge in [0.05, 0.1) is 16.7 Å². The van der Waals surface area contributed by atoms with E-state index in [1.165, 1.54) is 24.5 Å². The third-order valence-electron chi connectivity index (χ3n) is 7.12. The van der Waals surface area contributed by atoms with Crippen LogP contribution in [-0.4, -0.2) is 42.1 Å². The van der Waals surface area contributed by atoms with Gasteiger partial charge in [-0.25, -0.2) is 8.42 Å². The van der Waals surface area contributed by atoms with Crippen LogP contribution in [0.15, 0.2) is 90.6 Å². The van der Waals surface area contributed by atoms with Crippen molar-refractivity contribution in [1.29, 1.82) is 0 Å². The first kappa shape index (κ1) is 26.9. The number of ether oxygens (including phenoxy) is 1. The molecule has 4 atom stereocenters. The van der Waals surface area contributed by atoms with Crippen LogP contribution < -0.4 is 0 Å². The minimum absolute atomic E-state index is 0.0628. The zero-order valence-electron chi connectivity index (χ0n) is 20.6. The minimum atomic E-state index is -3.71. The van der Waals surface area contributed by atoms with E-state index in [1.54, 1.807) is 29.2 Å². The highest BCUT2D eigenvalue weighted by molar-refractivity contribution is 7.91. The van der Waals surface area contributed by atoms with Crippen molar-refractivity contribution in [2.45, 2.75) is 48.4 Å². The third kappa shape index (κ3) is 5.66. The Bertz CT molecular complexity index is 1410. The van der Waals surface area contributed by atoms with Gasteiger partial charge in [0.25, 0.3) is 5.91 Å². The number of amides is 1. The molecule has 0 radical (unpaired) electrons. The summed E-state index contributed by atoms with van der Waals surface area (Å²) in [5.74, 6) is -0.376. The highest BCUT2D eigenvalue weighted by Crippen LogP contribution is 2.48. The Morgan fingerprint density at radius 3 is 2.37 bits per heavy atom. The second kappa shape index (κ2) is 11.2. The first-order valence-electron chi connectivity index (χ1n) is 12.5. The lowest BCUT2D eigenvalue weighted by Crippen LogP contribution is -2.57. The SMILES string of the molecule is C=CC[C@H]1O[C@H](c2cccc(Cl)c2)[C@@H](c2ccc(Cl)cc2)N([C@H](CS(=O)(=O)c2ccncc2)C2CC2)C1=O. The van der Waals surface area contributed by atoms with Crippen molar-refractivity contribution in [2.75, 3.05) is 5.75 Å². The molecule has 3 aromatic rings. The highest BCUT2D eigenvalue weighted by atomic mass is 35.5. The highest BCUT2D eigenvalue weighted by Gasteiger charge is 2.50. The second-order valence-electron chi connectivity index (χ2n) is 9.74. The maximum Gasteiger partial charge on any atom is 0.252 e. The molecule has 0 bridgehead atoms. The molecule has 2 aromatic carbocycles. The van der Waals surface area contributed by atoms with Crippen LogP contribution in [-0.2, 0) is 19.4 Å². The summed E-state index contributed by atoms with van der Waals surface area (Å²) in [4.78, 5) is 20.0. The summed E-state index contributed by atoms with van der Waals surface area (Å²) in [6.45, 7) is 3.82. The minimum Gasteiger partial charge on any atom is -0.358 e. The Labute approximate surface area is 233 Å². The summed E-state index contributed by atoms with van der Waals surface area (Å²) >= 11 is 12.6. The first-order valence-corrected chi connectivity index (χ1v) is 14.9. The number of benzene rings is 2. The van der Waals surface area contributed by atoms with Crippen LogP contribution in [0.3, 0.4) is 0 Å². The van der Waals surface area contributed by atoms with Gasteiger partial charge >= 0.3 is 0 Å². The molecule has 9 heteroatoms. The first-order chi connectivity index (χ1) is 18.3. The number of hydrogen-bond acceptors (Lipinski definition) is 5. The van der Waals surface area contributed by atoms with Crippen LogP contribution in [0.5, 0.6) is 0 Å². The van der Waals surface area contributed by atoms with Crippen molar-refractivity contribution < 1.29 is 17.9 Å². The molecule has 1 aromatic heterocycles. The maximum atomic E-state index is 14.1. The molecule has 0 N–H and O–H groups in total. The summed E-state index contributed by atoms with van der Waals surface area (Å²) in [6, 6.07) is 16.5. The molecule has 38 heavy (non-hydrogen) atoms. The molecule has 198 valence electrons. The normalized spacial score (nSPS) is 22.7. The zero-order chi connectivity index (χ0) is 26.9. The molecule has 0 spiro atoms. The fourth-order valence-electron chi connectivity index (χ4n) is 5.17. The smallest absolute Gasteiger partial charge is 0.252 e. The van der Waals surface area contributed by atoms with Crippen LogP contribution in [0.4, 0.5) is 0 Å². The Balaban J connectivity index is 1.64. The van der Waals surface area contributed by atoms with Gasteiger partial charge in [-0.3, -0.25) is 9.78 Å². The van der Waals surface area contributed by atoms with Gasteiger partial charge in [-0.2, -0.15) is 0 Å². The summed E-state index contributed by atoms with van der Waals surface area (Å²) in [5.41, 5.74) is 1.60. The van der Waals surface area contributed by atoms with E-state index in [0.29, 0.717) is 16.5 Å². The Morgan fingerprint density at radius 2 is 1.74 bits per heavy atom. The van der Waals surface area contributed by atoms with E-state index < -0.39 is 34.1 Å². The number of sulfone groups is 1. The molecule has 1 aliphatic carbocycles. The van der Waals surface area contributed by atoms with E-state index >= 15 is 0 Å². The molecule has 1 saturated heterocycles. The molecule has 1 saturated carbocycles. The van der Waals surface area contributed by atoms with E-state index in [4.69, 9.17) is 27.9 Å². The molecular weight excluding hydrogens is 543 g/mol. The zero-order valence-corrected chi connectivity index (χ0v) is 22.9. The number of rotatable bonds is 9. The standard InChI is InChI=1S/C29H28Cl2N2O4S/c1-2-4-26-29(34)33(25(19-7-8-19)18-38(35,36)24-13-15-32-16-14-24)27(20-9-11-22(30)12-10-20)28(37-26)21-5-3-6-23(31)17-21/h2-3,5-6,9-17,19,25-28H,1,4,7-8,18H2/t25-,26-,27-,28-/m1/s1. The molecule has 2 heterocycles. The van der Waals surface area contributed by atoms with Gasteiger partial charge < -0.3 is 9.64 Å². The van der Waals surface area contributed by atoms with Crippen molar-refractivity contribution >= 4 is 38.9 Å².